The van der Waals surface area contributed by atoms with E-state index in [0.29, 0.717) is 18.7 Å². The van der Waals surface area contributed by atoms with E-state index in [4.69, 9.17) is 9.47 Å². The lowest BCUT2D eigenvalue weighted by Gasteiger charge is -2.36. The second-order valence-corrected chi connectivity index (χ2v) is 11.4. The van der Waals surface area contributed by atoms with Crippen LogP contribution < -0.4 is 10.1 Å². The lowest BCUT2D eigenvalue weighted by molar-refractivity contribution is -0.134. The van der Waals surface area contributed by atoms with Crippen molar-refractivity contribution in [3.8, 4) is 5.75 Å². The van der Waals surface area contributed by atoms with Crippen molar-refractivity contribution in [2.45, 2.75) is 68.2 Å². The van der Waals surface area contributed by atoms with Crippen LogP contribution in [-0.2, 0) is 16.0 Å². The quantitative estimate of drug-likeness (QED) is 0.537. The molecule has 35 heavy (non-hydrogen) atoms. The maximum absolute atomic E-state index is 13.8. The number of alkyl carbamates (subject to hydrolysis) is 1. The van der Waals surface area contributed by atoms with Gasteiger partial charge < -0.3 is 19.7 Å². The van der Waals surface area contributed by atoms with Crippen LogP contribution in [0.3, 0.4) is 0 Å². The van der Waals surface area contributed by atoms with Crippen molar-refractivity contribution in [3.63, 3.8) is 0 Å². The molecule has 1 unspecified atom stereocenters. The number of hydrogen-bond acceptors (Lipinski definition) is 6. The van der Waals surface area contributed by atoms with Gasteiger partial charge >= 0.3 is 6.09 Å². The summed E-state index contributed by atoms with van der Waals surface area (Å²) in [4.78, 5) is 31.9. The highest BCUT2D eigenvalue weighted by atomic mass is 32.2. The van der Waals surface area contributed by atoms with Crippen molar-refractivity contribution in [2.75, 3.05) is 13.4 Å². The van der Waals surface area contributed by atoms with Gasteiger partial charge in [-0.25, -0.2) is 9.18 Å². The Kier molecular flexibility index (Phi) is 7.54. The zero-order valence-electron chi connectivity index (χ0n) is 20.3. The Morgan fingerprint density at radius 2 is 2.00 bits per heavy atom. The highest BCUT2D eigenvalue weighted by molar-refractivity contribution is 8.09. The molecule has 3 heterocycles. The number of carbonyl (C=O) groups excluding carboxylic acids is 2. The molecule has 2 aliphatic heterocycles. The Bertz CT molecular complexity index is 1030. The maximum atomic E-state index is 13.8. The van der Waals surface area contributed by atoms with Crippen LogP contribution in [0.15, 0.2) is 48.8 Å². The van der Waals surface area contributed by atoms with E-state index in [1.54, 1.807) is 39.1 Å². The predicted molar refractivity (Wildman–Crippen MR) is 133 cm³/mol. The first-order chi connectivity index (χ1) is 16.7. The van der Waals surface area contributed by atoms with Gasteiger partial charge in [0.2, 0.25) is 12.8 Å². The molecule has 7 nitrogen and oxygen atoms in total. The molecule has 0 bridgehead atoms. The van der Waals surface area contributed by atoms with E-state index >= 15 is 0 Å². The number of benzene rings is 1. The number of thioether (sulfide) groups is 1. The summed E-state index contributed by atoms with van der Waals surface area (Å²) in [5.74, 6) is 0.436. The Morgan fingerprint density at radius 1 is 1.23 bits per heavy atom. The number of alkyl halides is 1. The molecule has 2 aliphatic rings. The molecule has 1 aromatic heterocycles. The number of piperidine rings is 1. The van der Waals surface area contributed by atoms with Crippen molar-refractivity contribution < 1.29 is 23.5 Å². The van der Waals surface area contributed by atoms with E-state index in [2.05, 4.69) is 10.3 Å². The third-order valence-corrected chi connectivity index (χ3v) is 7.59. The summed E-state index contributed by atoms with van der Waals surface area (Å²) >= 11 is 1.44. The minimum absolute atomic E-state index is 0.0111. The van der Waals surface area contributed by atoms with Gasteiger partial charge in [0.1, 0.15) is 21.5 Å². The molecule has 188 valence electrons. The van der Waals surface area contributed by atoms with Crippen LogP contribution in [0.4, 0.5) is 9.18 Å². The highest BCUT2D eigenvalue weighted by Crippen LogP contribution is 2.55. The van der Waals surface area contributed by atoms with E-state index in [0.717, 1.165) is 30.4 Å². The molecule has 2 aromatic rings. The first kappa shape index (κ1) is 25.3. The van der Waals surface area contributed by atoms with E-state index in [-0.39, 0.29) is 11.9 Å². The normalized spacial score (nSPS) is 23.9. The predicted octanol–water partition coefficient (Wildman–Crippen LogP) is 5.02. The minimum Gasteiger partial charge on any atom is -0.463 e. The second-order valence-electron chi connectivity index (χ2n) is 9.92. The van der Waals surface area contributed by atoms with Gasteiger partial charge in [-0.2, -0.15) is 0 Å². The van der Waals surface area contributed by atoms with Crippen LogP contribution in [0.25, 0.3) is 0 Å². The van der Waals surface area contributed by atoms with Crippen molar-refractivity contribution in [3.05, 3.63) is 59.9 Å². The Labute approximate surface area is 209 Å². The van der Waals surface area contributed by atoms with Crippen LogP contribution in [0.2, 0.25) is 0 Å². The fraction of sp³-hybridized carbons (Fsp3) is 0.500. The summed E-state index contributed by atoms with van der Waals surface area (Å²) in [5, 5.41) is 2.55. The number of nitrogens with zero attached hydrogens (tertiary/aromatic N) is 2. The lowest BCUT2D eigenvalue weighted by Crippen LogP contribution is -2.49. The first-order valence-corrected chi connectivity index (χ1v) is 12.8. The molecular weight excluding hydrogens is 469 g/mol. The molecule has 4 rings (SSSR count). The van der Waals surface area contributed by atoms with Crippen LogP contribution in [0, 0.1) is 0 Å². The lowest BCUT2D eigenvalue weighted by atomic mass is 9.95. The van der Waals surface area contributed by atoms with Gasteiger partial charge in [0.15, 0.2) is 0 Å². The molecule has 1 N–H and O–H groups in total. The zero-order valence-corrected chi connectivity index (χ0v) is 21.1. The van der Waals surface area contributed by atoms with Crippen LogP contribution in [0.1, 0.15) is 57.2 Å². The maximum Gasteiger partial charge on any atom is 0.408 e. The molecule has 3 atom stereocenters. The summed E-state index contributed by atoms with van der Waals surface area (Å²) in [7, 11) is 0. The zero-order chi connectivity index (χ0) is 25.1. The van der Waals surface area contributed by atoms with Crippen molar-refractivity contribution in [1.82, 2.24) is 15.2 Å². The average molecular weight is 502 g/mol. The van der Waals surface area contributed by atoms with E-state index in [9.17, 15) is 14.0 Å². The summed E-state index contributed by atoms with van der Waals surface area (Å²) in [6.07, 6.45) is 6.31. The summed E-state index contributed by atoms with van der Waals surface area (Å²) in [6.45, 7) is 5.18. The SMILES string of the molecule is CC(C)(C)OC(=O)N[C@@]1(Cc2ccc(OCF)cc2)SC1C(=O)N1CCCC[C@@H]1c1cccnc1. The van der Waals surface area contributed by atoms with Crippen molar-refractivity contribution in [1.29, 1.82) is 0 Å². The minimum atomic E-state index is -0.899. The smallest absolute Gasteiger partial charge is 0.408 e. The summed E-state index contributed by atoms with van der Waals surface area (Å²) in [6, 6.07) is 10.9. The van der Waals surface area contributed by atoms with Gasteiger partial charge in [-0.1, -0.05) is 18.2 Å². The number of carbonyl (C=O) groups is 2. The van der Waals surface area contributed by atoms with Crippen LogP contribution >= 0.6 is 11.8 Å². The van der Waals surface area contributed by atoms with Gasteiger partial charge in [-0.3, -0.25) is 9.78 Å². The van der Waals surface area contributed by atoms with Gasteiger partial charge in [0, 0.05) is 25.4 Å². The van der Waals surface area contributed by atoms with Gasteiger partial charge in [0.05, 0.1) is 6.04 Å². The highest BCUT2D eigenvalue weighted by Gasteiger charge is 2.62. The summed E-state index contributed by atoms with van der Waals surface area (Å²) in [5.41, 5.74) is 1.27. The molecule has 1 aromatic carbocycles. The fourth-order valence-corrected chi connectivity index (χ4v) is 5.74. The molecule has 9 heteroatoms. The molecule has 2 amide bonds. The average Bonchev–Trinajstić information content (AvgIpc) is 3.52. The Hall–Kier alpha value is -2.81. The Morgan fingerprint density at radius 3 is 2.66 bits per heavy atom. The monoisotopic (exact) mass is 501 g/mol. The van der Waals surface area contributed by atoms with Crippen LogP contribution in [0.5, 0.6) is 5.75 Å². The number of likely N-dealkylation sites (tertiary alicyclic amines) is 1. The molecule has 0 radical (unpaired) electrons. The largest absolute Gasteiger partial charge is 0.463 e. The van der Waals surface area contributed by atoms with E-state index < -0.39 is 28.7 Å². The molecule has 0 saturated carbocycles. The fourth-order valence-electron chi connectivity index (χ4n) is 4.51. The van der Waals surface area contributed by atoms with Gasteiger partial charge in [-0.05, 0) is 69.4 Å². The second kappa shape index (κ2) is 10.4. The summed E-state index contributed by atoms with van der Waals surface area (Å²) < 4.78 is 22.9. The first-order valence-electron chi connectivity index (χ1n) is 11.9. The molecule has 2 fully saturated rings. The molecule has 0 aliphatic carbocycles. The number of hydrogen-bond donors (Lipinski definition) is 1. The molecule has 2 saturated heterocycles. The molecular formula is C26H32FN3O4S. The number of pyridine rings is 1. The number of amides is 2. The standard InChI is InChI=1S/C26H32FN3O4S/c1-25(2,3)34-24(32)29-26(15-18-9-11-20(12-10-18)33-17-27)22(35-26)23(31)30-14-5-4-8-21(30)19-7-6-13-28-16-19/h6-7,9-13,16,21-22H,4-5,8,14-15,17H2,1-3H3,(H,29,32)/t21-,22?,26+/m1/s1. The van der Waals surface area contributed by atoms with Crippen LogP contribution in [-0.4, -0.2) is 51.0 Å². The third-order valence-electron chi connectivity index (χ3n) is 6.10. The number of ether oxygens (including phenoxy) is 2. The third kappa shape index (κ3) is 6.25. The van der Waals surface area contributed by atoms with E-state index in [1.165, 1.54) is 11.8 Å². The Balaban J connectivity index is 1.55. The van der Waals surface area contributed by atoms with E-state index in [1.807, 2.05) is 35.4 Å². The number of halogens is 1. The topological polar surface area (TPSA) is 80.8 Å². The van der Waals surface area contributed by atoms with Gasteiger partial charge in [-0.15, -0.1) is 11.8 Å². The molecule has 0 spiro atoms. The van der Waals surface area contributed by atoms with Gasteiger partial charge in [0.25, 0.3) is 0 Å². The number of nitrogens with one attached hydrogen (secondary N) is 1. The number of aromatic nitrogens is 1. The van der Waals surface area contributed by atoms with Crippen molar-refractivity contribution >= 4 is 23.8 Å². The van der Waals surface area contributed by atoms with Crippen molar-refractivity contribution in [2.24, 2.45) is 0 Å². The number of rotatable bonds is 7.